The molecule has 0 saturated carbocycles. The van der Waals surface area contributed by atoms with E-state index in [4.69, 9.17) is 17.3 Å². The van der Waals surface area contributed by atoms with Gasteiger partial charge in [-0.3, -0.25) is 4.79 Å². The zero-order valence-electron chi connectivity index (χ0n) is 10.9. The zero-order valence-corrected chi connectivity index (χ0v) is 13.3. The topological polar surface area (TPSA) is 55.1 Å². The molecular formula is C14H15ClN2OS2. The van der Waals surface area contributed by atoms with E-state index in [1.54, 1.807) is 29.5 Å². The average Bonchev–Trinajstić information content (AvgIpc) is 2.94. The van der Waals surface area contributed by atoms with Gasteiger partial charge in [0.05, 0.1) is 16.8 Å². The van der Waals surface area contributed by atoms with Gasteiger partial charge in [0.2, 0.25) is 5.91 Å². The second-order valence-electron chi connectivity index (χ2n) is 4.28. The summed E-state index contributed by atoms with van der Waals surface area (Å²) in [5, 5.41) is 5.58. The molecule has 3 N–H and O–H groups in total. The number of rotatable bonds is 5. The van der Waals surface area contributed by atoms with Gasteiger partial charge in [-0.15, -0.1) is 23.1 Å². The molecule has 0 saturated heterocycles. The monoisotopic (exact) mass is 326 g/mol. The van der Waals surface area contributed by atoms with E-state index >= 15 is 0 Å². The van der Waals surface area contributed by atoms with Gasteiger partial charge >= 0.3 is 0 Å². The highest BCUT2D eigenvalue weighted by molar-refractivity contribution is 8.00. The number of carbonyl (C=O) groups is 1. The lowest BCUT2D eigenvalue weighted by atomic mass is 10.3. The number of halogens is 1. The van der Waals surface area contributed by atoms with Gasteiger partial charge in [-0.25, -0.2) is 0 Å². The molecule has 0 aliphatic carbocycles. The summed E-state index contributed by atoms with van der Waals surface area (Å²) in [5.41, 5.74) is 6.35. The highest BCUT2D eigenvalue weighted by Gasteiger charge is 2.11. The quantitative estimate of drug-likeness (QED) is 0.646. The van der Waals surface area contributed by atoms with E-state index in [1.165, 1.54) is 11.8 Å². The van der Waals surface area contributed by atoms with Crippen molar-refractivity contribution in [1.29, 1.82) is 0 Å². The largest absolute Gasteiger partial charge is 0.399 e. The van der Waals surface area contributed by atoms with Crippen molar-refractivity contribution in [3.05, 3.63) is 45.6 Å². The van der Waals surface area contributed by atoms with Crippen LogP contribution in [0.1, 0.15) is 17.8 Å². The van der Waals surface area contributed by atoms with Crippen molar-refractivity contribution >= 4 is 46.3 Å². The minimum Gasteiger partial charge on any atom is -0.399 e. The minimum atomic E-state index is -0.0191. The summed E-state index contributed by atoms with van der Waals surface area (Å²) in [6, 6.07) is 9.28. The summed E-state index contributed by atoms with van der Waals surface area (Å²) in [6.45, 7) is 1.97. The van der Waals surface area contributed by atoms with Gasteiger partial charge in [-0.1, -0.05) is 17.7 Å². The smallest absolute Gasteiger partial charge is 0.230 e. The van der Waals surface area contributed by atoms with E-state index in [1.807, 2.05) is 24.4 Å². The minimum absolute atomic E-state index is 0.0191. The molecule has 0 aliphatic heterocycles. The number of amides is 1. The number of nitrogens with two attached hydrogens (primary N) is 1. The Morgan fingerprint density at radius 3 is 3.00 bits per heavy atom. The number of thioether (sulfide) groups is 1. The molecule has 1 unspecified atom stereocenters. The van der Waals surface area contributed by atoms with E-state index in [9.17, 15) is 4.79 Å². The normalized spacial score (nSPS) is 12.1. The third kappa shape index (κ3) is 4.16. The van der Waals surface area contributed by atoms with Crippen LogP contribution in [0, 0.1) is 0 Å². The van der Waals surface area contributed by atoms with Crippen LogP contribution in [0.15, 0.2) is 40.6 Å². The first-order chi connectivity index (χ1) is 9.56. The molecule has 2 rings (SSSR count). The summed E-state index contributed by atoms with van der Waals surface area (Å²) >= 11 is 9.08. The van der Waals surface area contributed by atoms with Crippen LogP contribution in [0.3, 0.4) is 0 Å². The highest BCUT2D eigenvalue weighted by atomic mass is 35.5. The molecular weight excluding hydrogens is 312 g/mol. The molecule has 0 bridgehead atoms. The summed E-state index contributed by atoms with van der Waals surface area (Å²) < 4.78 is 0. The van der Waals surface area contributed by atoms with Crippen molar-refractivity contribution in [2.45, 2.75) is 17.9 Å². The van der Waals surface area contributed by atoms with Crippen LogP contribution in [-0.2, 0) is 4.79 Å². The maximum atomic E-state index is 11.9. The predicted molar refractivity (Wildman–Crippen MR) is 87.5 cm³/mol. The van der Waals surface area contributed by atoms with Crippen LogP contribution in [0.4, 0.5) is 5.69 Å². The molecule has 106 valence electrons. The number of thiophene rings is 1. The Kier molecular flexibility index (Phi) is 5.34. The maximum absolute atomic E-state index is 11.9. The second-order valence-corrected chi connectivity index (χ2v) is 6.69. The van der Waals surface area contributed by atoms with Gasteiger partial charge in [0.15, 0.2) is 0 Å². The molecule has 0 aliphatic rings. The molecule has 3 nitrogen and oxygen atoms in total. The van der Waals surface area contributed by atoms with E-state index in [2.05, 4.69) is 5.32 Å². The van der Waals surface area contributed by atoms with Crippen LogP contribution in [0.25, 0.3) is 0 Å². The fourth-order valence-corrected chi connectivity index (χ4v) is 3.48. The zero-order chi connectivity index (χ0) is 14.5. The lowest BCUT2D eigenvalue weighted by molar-refractivity contribution is -0.119. The van der Waals surface area contributed by atoms with Crippen molar-refractivity contribution in [1.82, 2.24) is 5.32 Å². The van der Waals surface area contributed by atoms with Gasteiger partial charge in [0, 0.05) is 15.5 Å². The Hall–Kier alpha value is -1.17. The number of benzene rings is 1. The molecule has 20 heavy (non-hydrogen) atoms. The van der Waals surface area contributed by atoms with Gasteiger partial charge in [-0.05, 0) is 36.6 Å². The molecule has 0 spiro atoms. The first kappa shape index (κ1) is 15.2. The van der Waals surface area contributed by atoms with E-state index in [0.29, 0.717) is 16.5 Å². The number of anilines is 1. The fourth-order valence-electron chi connectivity index (χ4n) is 1.67. The maximum Gasteiger partial charge on any atom is 0.230 e. The van der Waals surface area contributed by atoms with Crippen molar-refractivity contribution in [3.8, 4) is 0 Å². The molecule has 1 aromatic carbocycles. The Balaban J connectivity index is 1.87. The molecule has 2 aromatic rings. The lowest BCUT2D eigenvalue weighted by Crippen LogP contribution is -2.27. The molecule has 0 fully saturated rings. The molecule has 6 heteroatoms. The van der Waals surface area contributed by atoms with Crippen LogP contribution in [0.5, 0.6) is 0 Å². The van der Waals surface area contributed by atoms with E-state index < -0.39 is 0 Å². The van der Waals surface area contributed by atoms with Gasteiger partial charge in [0.25, 0.3) is 0 Å². The van der Waals surface area contributed by atoms with Crippen LogP contribution < -0.4 is 11.1 Å². The number of carbonyl (C=O) groups excluding carboxylic acids is 1. The number of hydrogen-bond acceptors (Lipinski definition) is 4. The summed E-state index contributed by atoms with van der Waals surface area (Å²) in [6.07, 6.45) is 0. The summed E-state index contributed by atoms with van der Waals surface area (Å²) in [5.74, 6) is 0.299. The Morgan fingerprint density at radius 2 is 2.30 bits per heavy atom. The molecule has 1 amide bonds. The van der Waals surface area contributed by atoms with Crippen LogP contribution >= 0.6 is 34.7 Å². The van der Waals surface area contributed by atoms with Gasteiger partial charge in [0.1, 0.15) is 0 Å². The first-order valence-electron chi connectivity index (χ1n) is 6.07. The second kappa shape index (κ2) is 7.02. The van der Waals surface area contributed by atoms with Crippen molar-refractivity contribution in [3.63, 3.8) is 0 Å². The molecule has 1 heterocycles. The molecule has 1 atom stereocenters. The number of nitrogen functional groups attached to an aromatic ring is 1. The van der Waals surface area contributed by atoms with Crippen molar-refractivity contribution in [2.24, 2.45) is 0 Å². The van der Waals surface area contributed by atoms with Crippen LogP contribution in [-0.4, -0.2) is 11.7 Å². The molecule has 1 aromatic heterocycles. The van der Waals surface area contributed by atoms with Crippen LogP contribution in [0.2, 0.25) is 5.02 Å². The highest BCUT2D eigenvalue weighted by Crippen LogP contribution is 2.29. The third-order valence-electron chi connectivity index (χ3n) is 2.66. The summed E-state index contributed by atoms with van der Waals surface area (Å²) in [7, 11) is 0. The standard InChI is InChI=1S/C14H15ClN2OS2/c1-9(12-3-2-6-19-12)17-14(18)8-20-13-7-10(16)4-5-11(13)15/h2-7,9H,8,16H2,1H3,(H,17,18). The Morgan fingerprint density at radius 1 is 1.50 bits per heavy atom. The Bertz CT molecular complexity index is 587. The van der Waals surface area contributed by atoms with Crippen molar-refractivity contribution in [2.75, 3.05) is 11.5 Å². The lowest BCUT2D eigenvalue weighted by Gasteiger charge is -2.12. The van der Waals surface area contributed by atoms with Gasteiger partial charge < -0.3 is 11.1 Å². The SMILES string of the molecule is CC(NC(=O)CSc1cc(N)ccc1Cl)c1cccs1. The first-order valence-corrected chi connectivity index (χ1v) is 8.31. The average molecular weight is 327 g/mol. The predicted octanol–water partition coefficient (Wildman–Crippen LogP) is 3.95. The summed E-state index contributed by atoms with van der Waals surface area (Å²) in [4.78, 5) is 13.9. The van der Waals surface area contributed by atoms with Crippen molar-refractivity contribution < 1.29 is 4.79 Å². The van der Waals surface area contributed by atoms with E-state index in [-0.39, 0.29) is 11.9 Å². The fraction of sp³-hybridized carbons (Fsp3) is 0.214. The molecule has 0 radical (unpaired) electrons. The third-order valence-corrected chi connectivity index (χ3v) is 5.21. The Labute approximate surface area is 131 Å². The van der Waals surface area contributed by atoms with Gasteiger partial charge in [-0.2, -0.15) is 0 Å². The van der Waals surface area contributed by atoms with E-state index in [0.717, 1.165) is 9.77 Å². The number of nitrogens with one attached hydrogen (secondary N) is 1. The number of hydrogen-bond donors (Lipinski definition) is 2.